The molecule has 0 amide bonds. The molecule has 0 saturated carbocycles. The lowest BCUT2D eigenvalue weighted by Crippen LogP contribution is -2.28. The van der Waals surface area contributed by atoms with E-state index in [4.69, 9.17) is 14.2 Å². The molecule has 0 unspecified atom stereocenters. The molecule has 0 bridgehead atoms. The fourth-order valence-corrected chi connectivity index (χ4v) is 2.28. The van der Waals surface area contributed by atoms with Crippen LogP contribution < -0.4 is 0 Å². The monoisotopic (exact) mass is 423 g/mol. The van der Waals surface area contributed by atoms with Gasteiger partial charge >= 0.3 is 17.9 Å². The quantitative estimate of drug-likeness (QED) is 0.502. The molecule has 1 aromatic heterocycles. The molecule has 0 atom stereocenters. The first kappa shape index (κ1) is 25.5. The third-order valence-electron chi connectivity index (χ3n) is 2.94. The second kappa shape index (κ2) is 9.49. The van der Waals surface area contributed by atoms with E-state index in [9.17, 15) is 14.4 Å². The zero-order chi connectivity index (χ0) is 23.3. The molecule has 1 rings (SSSR count). The Morgan fingerprint density at radius 2 is 0.733 bits per heavy atom. The van der Waals surface area contributed by atoms with Crippen molar-refractivity contribution >= 4 is 17.9 Å². The maximum Gasteiger partial charge on any atom is 0.314 e. The van der Waals surface area contributed by atoms with E-state index in [0.29, 0.717) is 0 Å². The van der Waals surface area contributed by atoms with Crippen LogP contribution in [0, 0.1) is 0 Å². The van der Waals surface area contributed by atoms with E-state index in [1.807, 2.05) is 0 Å². The van der Waals surface area contributed by atoms with Crippen LogP contribution in [0.25, 0.3) is 0 Å². The van der Waals surface area contributed by atoms with Crippen LogP contribution in [-0.4, -0.2) is 49.7 Å². The average molecular weight is 424 g/mol. The first-order valence-electron chi connectivity index (χ1n) is 9.80. The topological polar surface area (TPSA) is 118 Å². The van der Waals surface area contributed by atoms with Crippen molar-refractivity contribution in [3.63, 3.8) is 0 Å². The van der Waals surface area contributed by atoms with Gasteiger partial charge in [-0.2, -0.15) is 0 Å². The lowest BCUT2D eigenvalue weighted by molar-refractivity contribution is -0.155. The number of esters is 3. The Bertz CT molecular complexity index is 668. The minimum Gasteiger partial charge on any atom is -0.460 e. The molecule has 0 aliphatic carbocycles. The Balaban J connectivity index is 3.09. The van der Waals surface area contributed by atoms with Crippen LogP contribution in [0.5, 0.6) is 0 Å². The molecule has 1 heterocycles. The Kier molecular flexibility index (Phi) is 8.05. The summed E-state index contributed by atoms with van der Waals surface area (Å²) in [6.07, 6.45) is -0.659. The van der Waals surface area contributed by atoms with E-state index in [-0.39, 0.29) is 36.7 Å². The van der Waals surface area contributed by atoms with Crippen molar-refractivity contribution in [2.24, 2.45) is 0 Å². The number of hydrogen-bond donors (Lipinski definition) is 0. The van der Waals surface area contributed by atoms with Gasteiger partial charge in [0, 0.05) is 0 Å². The highest BCUT2D eigenvalue weighted by atomic mass is 16.6. The summed E-state index contributed by atoms with van der Waals surface area (Å²) in [5.41, 5.74) is -1.99. The van der Waals surface area contributed by atoms with Gasteiger partial charge in [-0.05, 0) is 62.3 Å². The Morgan fingerprint density at radius 1 is 0.533 bits per heavy atom. The average Bonchev–Trinajstić information content (AvgIpc) is 2.39. The van der Waals surface area contributed by atoms with Gasteiger partial charge in [-0.25, -0.2) is 15.0 Å². The van der Waals surface area contributed by atoms with Crippen molar-refractivity contribution in [3.8, 4) is 0 Å². The van der Waals surface area contributed by atoms with Crippen LogP contribution in [0.15, 0.2) is 0 Å². The molecule has 0 spiro atoms. The summed E-state index contributed by atoms with van der Waals surface area (Å²) in [5.74, 6) is -1.26. The maximum absolute atomic E-state index is 12.2. The molecule has 0 fully saturated rings. The Hall–Kier alpha value is -2.58. The number of carbonyl (C=O) groups is 3. The summed E-state index contributed by atoms with van der Waals surface area (Å²) >= 11 is 0. The van der Waals surface area contributed by atoms with Crippen molar-refractivity contribution < 1.29 is 28.6 Å². The van der Waals surface area contributed by atoms with Crippen LogP contribution >= 0.6 is 0 Å². The molecule has 30 heavy (non-hydrogen) atoms. The minimum absolute atomic E-state index is 0.108. The fourth-order valence-electron chi connectivity index (χ4n) is 2.28. The second-order valence-corrected chi connectivity index (χ2v) is 9.87. The number of nitrogens with zero attached hydrogens (tertiary/aromatic N) is 3. The standard InChI is InChI=1S/C21H33N3O6/c1-19(2,3)28-16(25)10-13-22-14(11-17(26)29-20(4,5)6)24-15(23-13)12-18(27)30-21(7,8)9/h10-12H2,1-9H3. The molecule has 0 saturated heterocycles. The highest BCUT2D eigenvalue weighted by Gasteiger charge is 2.23. The van der Waals surface area contributed by atoms with Crippen molar-refractivity contribution in [3.05, 3.63) is 17.5 Å². The summed E-state index contributed by atoms with van der Waals surface area (Å²) in [5, 5.41) is 0. The summed E-state index contributed by atoms with van der Waals surface area (Å²) in [6.45, 7) is 15.8. The molecule has 0 radical (unpaired) electrons. The lowest BCUT2D eigenvalue weighted by Gasteiger charge is -2.20. The van der Waals surface area contributed by atoms with Gasteiger partial charge in [-0.15, -0.1) is 0 Å². The third-order valence-corrected chi connectivity index (χ3v) is 2.94. The first-order chi connectivity index (χ1) is 13.4. The van der Waals surface area contributed by atoms with Crippen LogP contribution in [0.4, 0.5) is 0 Å². The molecule has 9 nitrogen and oxygen atoms in total. The van der Waals surface area contributed by atoms with Crippen LogP contribution in [0.2, 0.25) is 0 Å². The van der Waals surface area contributed by atoms with Gasteiger partial charge in [0.15, 0.2) is 0 Å². The maximum atomic E-state index is 12.2. The van der Waals surface area contributed by atoms with Gasteiger partial charge in [-0.1, -0.05) is 0 Å². The van der Waals surface area contributed by atoms with Crippen molar-refractivity contribution in [1.29, 1.82) is 0 Å². The van der Waals surface area contributed by atoms with Crippen molar-refractivity contribution in [2.75, 3.05) is 0 Å². The number of aromatic nitrogens is 3. The highest BCUT2D eigenvalue weighted by molar-refractivity contribution is 5.74. The van der Waals surface area contributed by atoms with E-state index < -0.39 is 34.7 Å². The molecular weight excluding hydrogens is 390 g/mol. The predicted molar refractivity (Wildman–Crippen MR) is 108 cm³/mol. The minimum atomic E-state index is -0.664. The van der Waals surface area contributed by atoms with Crippen molar-refractivity contribution in [1.82, 2.24) is 15.0 Å². The zero-order valence-corrected chi connectivity index (χ0v) is 19.4. The predicted octanol–water partition coefficient (Wildman–Crippen LogP) is 2.52. The van der Waals surface area contributed by atoms with Gasteiger partial charge in [0.1, 0.15) is 53.5 Å². The SMILES string of the molecule is CC(C)(C)OC(=O)Cc1nc(CC(=O)OC(C)(C)C)nc(CC(=O)OC(C)(C)C)n1. The molecule has 1 aromatic rings. The van der Waals surface area contributed by atoms with E-state index in [0.717, 1.165) is 0 Å². The van der Waals surface area contributed by atoms with Crippen molar-refractivity contribution in [2.45, 2.75) is 98.4 Å². The normalized spacial score (nSPS) is 12.3. The van der Waals surface area contributed by atoms with Gasteiger partial charge < -0.3 is 14.2 Å². The zero-order valence-electron chi connectivity index (χ0n) is 19.4. The number of rotatable bonds is 6. The van der Waals surface area contributed by atoms with E-state index in [1.54, 1.807) is 62.3 Å². The van der Waals surface area contributed by atoms with Gasteiger partial charge in [-0.3, -0.25) is 14.4 Å². The van der Waals surface area contributed by atoms with E-state index >= 15 is 0 Å². The van der Waals surface area contributed by atoms with Gasteiger partial charge in [0.2, 0.25) is 0 Å². The Labute approximate surface area is 177 Å². The molecule has 9 heteroatoms. The third kappa shape index (κ3) is 11.4. The lowest BCUT2D eigenvalue weighted by atomic mass is 10.2. The molecule has 168 valence electrons. The van der Waals surface area contributed by atoms with E-state index in [2.05, 4.69) is 15.0 Å². The summed E-state index contributed by atoms with van der Waals surface area (Å²) in [6, 6.07) is 0. The molecule has 0 aliphatic heterocycles. The fraction of sp³-hybridized carbons (Fsp3) is 0.714. The molecular formula is C21H33N3O6. The van der Waals surface area contributed by atoms with Crippen LogP contribution in [0.3, 0.4) is 0 Å². The highest BCUT2D eigenvalue weighted by Crippen LogP contribution is 2.12. The first-order valence-corrected chi connectivity index (χ1v) is 9.80. The summed E-state index contributed by atoms with van der Waals surface area (Å²) in [4.78, 5) is 49.0. The summed E-state index contributed by atoms with van der Waals surface area (Å²) < 4.78 is 15.9. The second-order valence-electron chi connectivity index (χ2n) is 9.87. The van der Waals surface area contributed by atoms with Crippen LogP contribution in [-0.2, 0) is 47.9 Å². The van der Waals surface area contributed by atoms with Gasteiger partial charge in [0.25, 0.3) is 0 Å². The summed E-state index contributed by atoms with van der Waals surface area (Å²) in [7, 11) is 0. The van der Waals surface area contributed by atoms with Crippen LogP contribution in [0.1, 0.15) is 79.8 Å². The van der Waals surface area contributed by atoms with E-state index in [1.165, 1.54) is 0 Å². The number of ether oxygens (including phenoxy) is 3. The molecule has 0 aliphatic rings. The van der Waals surface area contributed by atoms with Gasteiger partial charge in [0.05, 0.1) is 0 Å². The Morgan fingerprint density at radius 3 is 0.900 bits per heavy atom. The molecule has 0 N–H and O–H groups in total. The number of carbonyl (C=O) groups excluding carboxylic acids is 3. The smallest absolute Gasteiger partial charge is 0.314 e. The number of hydrogen-bond acceptors (Lipinski definition) is 9. The largest absolute Gasteiger partial charge is 0.460 e. The molecule has 0 aromatic carbocycles.